The molecule has 118 valence electrons. The highest BCUT2D eigenvalue weighted by Crippen LogP contribution is 2.15. The van der Waals surface area contributed by atoms with Gasteiger partial charge >= 0.3 is 5.97 Å². The summed E-state index contributed by atoms with van der Waals surface area (Å²) in [6.45, 7) is 3.82. The van der Waals surface area contributed by atoms with Crippen molar-refractivity contribution in [3.8, 4) is 23.3 Å². The molecule has 0 aliphatic rings. The number of benzene rings is 2. The Bertz CT molecular complexity index is 703. The third-order valence-corrected chi connectivity index (χ3v) is 3.53. The van der Waals surface area contributed by atoms with Crippen LogP contribution in [-0.2, 0) is 4.79 Å². The summed E-state index contributed by atoms with van der Waals surface area (Å²) < 4.78 is 10.4. The van der Waals surface area contributed by atoms with Crippen molar-refractivity contribution < 1.29 is 14.3 Å². The number of esters is 1. The minimum Gasteiger partial charge on any atom is -0.497 e. The summed E-state index contributed by atoms with van der Waals surface area (Å²) in [6.07, 6.45) is 0.768. The van der Waals surface area contributed by atoms with Crippen LogP contribution in [0.15, 0.2) is 48.5 Å². The molecule has 0 bridgehead atoms. The molecule has 1 unspecified atom stereocenters. The molecule has 0 aromatic heterocycles. The predicted molar refractivity (Wildman–Crippen MR) is 90.5 cm³/mol. The summed E-state index contributed by atoms with van der Waals surface area (Å²) in [5, 5.41) is 0. The lowest BCUT2D eigenvalue weighted by Crippen LogP contribution is -2.16. The maximum atomic E-state index is 11.7. The van der Waals surface area contributed by atoms with Gasteiger partial charge in [-0.15, -0.1) is 0 Å². The zero-order chi connectivity index (χ0) is 16.7. The van der Waals surface area contributed by atoms with Crippen LogP contribution in [0.4, 0.5) is 0 Å². The first-order chi connectivity index (χ1) is 11.1. The molecule has 0 saturated heterocycles. The lowest BCUT2D eigenvalue weighted by atomic mass is 10.1. The first-order valence-corrected chi connectivity index (χ1v) is 7.60. The quantitative estimate of drug-likeness (QED) is 0.486. The van der Waals surface area contributed by atoms with Crippen LogP contribution in [0.2, 0.25) is 0 Å². The molecule has 0 aliphatic carbocycles. The van der Waals surface area contributed by atoms with Crippen molar-refractivity contribution in [3.05, 3.63) is 59.7 Å². The second-order valence-corrected chi connectivity index (χ2v) is 5.23. The van der Waals surface area contributed by atoms with Gasteiger partial charge in [0.1, 0.15) is 11.5 Å². The van der Waals surface area contributed by atoms with Gasteiger partial charge in [0.05, 0.1) is 13.0 Å². The minimum absolute atomic E-state index is 0.0930. The van der Waals surface area contributed by atoms with Crippen molar-refractivity contribution in [1.82, 2.24) is 0 Å². The molecule has 0 amide bonds. The first-order valence-electron chi connectivity index (χ1n) is 7.60. The number of rotatable bonds is 4. The van der Waals surface area contributed by atoms with Gasteiger partial charge in [0, 0.05) is 11.1 Å². The molecule has 0 radical (unpaired) electrons. The third-order valence-electron chi connectivity index (χ3n) is 3.53. The Morgan fingerprint density at radius 1 is 0.957 bits per heavy atom. The zero-order valence-corrected chi connectivity index (χ0v) is 13.6. The highest BCUT2D eigenvalue weighted by molar-refractivity contribution is 5.74. The van der Waals surface area contributed by atoms with Gasteiger partial charge in [-0.3, -0.25) is 4.79 Å². The summed E-state index contributed by atoms with van der Waals surface area (Å²) in [5.74, 6) is 7.23. The van der Waals surface area contributed by atoms with E-state index in [1.54, 1.807) is 19.2 Å². The van der Waals surface area contributed by atoms with Crippen LogP contribution in [0.25, 0.3) is 0 Å². The molecule has 2 aromatic carbocycles. The van der Waals surface area contributed by atoms with Crippen LogP contribution in [0.1, 0.15) is 31.4 Å². The van der Waals surface area contributed by atoms with Crippen molar-refractivity contribution in [1.29, 1.82) is 0 Å². The molecule has 0 fully saturated rings. The first kappa shape index (κ1) is 16.6. The molecule has 0 N–H and O–H groups in total. The van der Waals surface area contributed by atoms with E-state index in [-0.39, 0.29) is 11.9 Å². The Hall–Kier alpha value is -2.73. The van der Waals surface area contributed by atoms with Crippen molar-refractivity contribution in [2.24, 2.45) is 5.92 Å². The fourth-order valence-corrected chi connectivity index (χ4v) is 1.81. The standard InChI is InChI=1S/C20H20O3/c1-4-15(2)20(21)23-19-13-9-17(10-14-19)6-5-16-7-11-18(22-3)12-8-16/h7-15H,4H2,1-3H3. The molecular weight excluding hydrogens is 288 g/mol. The Morgan fingerprint density at radius 3 is 1.87 bits per heavy atom. The maximum Gasteiger partial charge on any atom is 0.314 e. The summed E-state index contributed by atoms with van der Waals surface area (Å²) in [7, 11) is 1.64. The van der Waals surface area contributed by atoms with E-state index in [4.69, 9.17) is 9.47 Å². The van der Waals surface area contributed by atoms with Crippen LogP contribution >= 0.6 is 0 Å². The van der Waals surface area contributed by atoms with Gasteiger partial charge < -0.3 is 9.47 Å². The second kappa shape index (κ2) is 8.05. The molecule has 2 aromatic rings. The SMILES string of the molecule is CCC(C)C(=O)Oc1ccc(C#Cc2ccc(OC)cc2)cc1. The molecule has 3 nitrogen and oxygen atoms in total. The minimum atomic E-state index is -0.204. The Balaban J connectivity index is 2.02. The lowest BCUT2D eigenvalue weighted by molar-refractivity contribution is -0.138. The van der Waals surface area contributed by atoms with Crippen LogP contribution < -0.4 is 9.47 Å². The molecule has 2 rings (SSSR count). The monoisotopic (exact) mass is 308 g/mol. The zero-order valence-electron chi connectivity index (χ0n) is 13.6. The average Bonchev–Trinajstić information content (AvgIpc) is 2.60. The second-order valence-electron chi connectivity index (χ2n) is 5.23. The van der Waals surface area contributed by atoms with E-state index in [2.05, 4.69) is 11.8 Å². The molecule has 3 heteroatoms. The normalized spacial score (nSPS) is 11.1. The number of carbonyl (C=O) groups is 1. The van der Waals surface area contributed by atoms with Crippen molar-refractivity contribution >= 4 is 5.97 Å². The molecule has 0 saturated carbocycles. The van der Waals surface area contributed by atoms with Crippen LogP contribution in [0.3, 0.4) is 0 Å². The highest BCUT2D eigenvalue weighted by atomic mass is 16.5. The number of methoxy groups -OCH3 is 1. The third kappa shape index (κ3) is 4.89. The van der Waals surface area contributed by atoms with Crippen molar-refractivity contribution in [2.45, 2.75) is 20.3 Å². The van der Waals surface area contributed by atoms with E-state index in [1.807, 2.05) is 50.2 Å². The Morgan fingerprint density at radius 2 is 1.43 bits per heavy atom. The lowest BCUT2D eigenvalue weighted by Gasteiger charge is -2.08. The molecule has 0 heterocycles. The largest absolute Gasteiger partial charge is 0.497 e. The van der Waals surface area contributed by atoms with Gasteiger partial charge in [-0.1, -0.05) is 25.7 Å². The predicted octanol–water partition coefficient (Wildman–Crippen LogP) is 4.05. The summed E-state index contributed by atoms with van der Waals surface area (Å²) in [6, 6.07) is 14.8. The fraction of sp³-hybridized carbons (Fsp3) is 0.250. The number of hydrogen-bond acceptors (Lipinski definition) is 3. The van der Waals surface area contributed by atoms with Crippen molar-refractivity contribution in [2.75, 3.05) is 7.11 Å². The van der Waals surface area contributed by atoms with Gasteiger partial charge in [-0.05, 0) is 55.0 Å². The smallest absolute Gasteiger partial charge is 0.314 e. The van der Waals surface area contributed by atoms with Crippen LogP contribution in [-0.4, -0.2) is 13.1 Å². The van der Waals surface area contributed by atoms with Gasteiger partial charge in [-0.2, -0.15) is 0 Å². The Labute approximate surface area is 137 Å². The highest BCUT2D eigenvalue weighted by Gasteiger charge is 2.12. The van der Waals surface area contributed by atoms with Crippen LogP contribution in [0.5, 0.6) is 11.5 Å². The summed E-state index contributed by atoms with van der Waals surface area (Å²) in [4.78, 5) is 11.7. The summed E-state index contributed by atoms with van der Waals surface area (Å²) >= 11 is 0. The molecule has 1 atom stereocenters. The van der Waals surface area contributed by atoms with Gasteiger partial charge in [0.15, 0.2) is 0 Å². The van der Waals surface area contributed by atoms with E-state index < -0.39 is 0 Å². The van der Waals surface area contributed by atoms with E-state index in [9.17, 15) is 4.79 Å². The number of ether oxygens (including phenoxy) is 2. The van der Waals surface area contributed by atoms with Gasteiger partial charge in [0.25, 0.3) is 0 Å². The van der Waals surface area contributed by atoms with Crippen molar-refractivity contribution in [3.63, 3.8) is 0 Å². The average molecular weight is 308 g/mol. The number of hydrogen-bond donors (Lipinski definition) is 0. The fourth-order valence-electron chi connectivity index (χ4n) is 1.81. The maximum absolute atomic E-state index is 11.7. The molecule has 0 spiro atoms. The molecule has 0 aliphatic heterocycles. The summed E-state index contributed by atoms with van der Waals surface area (Å²) in [5.41, 5.74) is 1.78. The van der Waals surface area contributed by atoms with Gasteiger partial charge in [-0.25, -0.2) is 0 Å². The number of carbonyl (C=O) groups excluding carboxylic acids is 1. The van der Waals surface area contributed by atoms with E-state index in [1.165, 1.54) is 0 Å². The van der Waals surface area contributed by atoms with E-state index in [0.717, 1.165) is 23.3 Å². The van der Waals surface area contributed by atoms with Crippen LogP contribution in [0, 0.1) is 17.8 Å². The topological polar surface area (TPSA) is 35.5 Å². The van der Waals surface area contributed by atoms with Gasteiger partial charge in [0.2, 0.25) is 0 Å². The molecule has 23 heavy (non-hydrogen) atoms. The Kier molecular flexibility index (Phi) is 5.82. The molecular formula is C20H20O3. The van der Waals surface area contributed by atoms with E-state index >= 15 is 0 Å². The van der Waals surface area contributed by atoms with E-state index in [0.29, 0.717) is 5.75 Å².